The standard InChI is InChI=1S/C18H24N4O2/c1-21-7-8-24-17-12-22(11-16(17)21)10-14-9-19-20-18(14)13-3-5-15(23-2)6-4-13/h3-6,9,16-17H,7-8,10-12H2,1-2H3,(H,19,20)/t16-,17+/m0/s1. The molecular formula is C18H24N4O2. The highest BCUT2D eigenvalue weighted by molar-refractivity contribution is 5.63. The van der Waals surface area contributed by atoms with E-state index >= 15 is 0 Å². The van der Waals surface area contributed by atoms with Gasteiger partial charge in [0.15, 0.2) is 0 Å². The van der Waals surface area contributed by atoms with Gasteiger partial charge in [0.25, 0.3) is 0 Å². The number of fused-ring (bicyclic) bond motifs is 1. The zero-order chi connectivity index (χ0) is 16.5. The van der Waals surface area contributed by atoms with Crippen molar-refractivity contribution in [2.24, 2.45) is 0 Å². The number of nitrogens with one attached hydrogen (secondary N) is 1. The summed E-state index contributed by atoms with van der Waals surface area (Å²) >= 11 is 0. The Morgan fingerprint density at radius 2 is 2.12 bits per heavy atom. The van der Waals surface area contributed by atoms with Crippen molar-refractivity contribution in [3.63, 3.8) is 0 Å². The second-order valence-electron chi connectivity index (χ2n) is 6.65. The van der Waals surface area contributed by atoms with Gasteiger partial charge in [0.1, 0.15) is 5.75 Å². The molecule has 1 aromatic carbocycles. The Morgan fingerprint density at radius 1 is 1.29 bits per heavy atom. The SMILES string of the molecule is COc1ccc(-c2[nH]ncc2CN2C[C@H]3OCCN(C)[C@H]3C2)cc1. The van der Waals surface area contributed by atoms with Crippen LogP contribution >= 0.6 is 0 Å². The third kappa shape index (κ3) is 2.92. The third-order valence-corrected chi connectivity index (χ3v) is 5.15. The first kappa shape index (κ1) is 15.6. The van der Waals surface area contributed by atoms with E-state index in [2.05, 4.69) is 39.2 Å². The van der Waals surface area contributed by atoms with E-state index in [1.807, 2.05) is 18.3 Å². The monoisotopic (exact) mass is 328 g/mol. The lowest BCUT2D eigenvalue weighted by molar-refractivity contribution is -0.0370. The molecule has 3 heterocycles. The first-order valence-corrected chi connectivity index (χ1v) is 8.45. The first-order chi connectivity index (χ1) is 11.7. The molecule has 6 heteroatoms. The summed E-state index contributed by atoms with van der Waals surface area (Å²) in [5, 5.41) is 7.41. The molecule has 0 spiro atoms. The Bertz CT molecular complexity index is 685. The molecule has 24 heavy (non-hydrogen) atoms. The van der Waals surface area contributed by atoms with E-state index in [-0.39, 0.29) is 0 Å². The van der Waals surface area contributed by atoms with Gasteiger partial charge in [-0.15, -0.1) is 0 Å². The number of benzene rings is 1. The quantitative estimate of drug-likeness (QED) is 0.924. The average molecular weight is 328 g/mol. The molecular weight excluding hydrogens is 304 g/mol. The molecule has 128 valence electrons. The van der Waals surface area contributed by atoms with Gasteiger partial charge in [-0.25, -0.2) is 0 Å². The van der Waals surface area contributed by atoms with Crippen LogP contribution in [0.4, 0.5) is 0 Å². The van der Waals surface area contributed by atoms with E-state index in [1.54, 1.807) is 7.11 Å². The number of morpholine rings is 1. The fourth-order valence-corrected chi connectivity index (χ4v) is 3.74. The van der Waals surface area contributed by atoms with Crippen molar-refractivity contribution in [3.05, 3.63) is 36.0 Å². The molecule has 0 saturated carbocycles. The smallest absolute Gasteiger partial charge is 0.118 e. The van der Waals surface area contributed by atoms with Crippen LogP contribution in [0.2, 0.25) is 0 Å². The lowest BCUT2D eigenvalue weighted by Crippen LogP contribution is -2.48. The minimum absolute atomic E-state index is 0.333. The van der Waals surface area contributed by atoms with Gasteiger partial charge in [0, 0.05) is 43.3 Å². The molecule has 2 aromatic rings. The lowest BCUT2D eigenvalue weighted by Gasteiger charge is -2.33. The Balaban J connectivity index is 1.49. The number of aromatic amines is 1. The largest absolute Gasteiger partial charge is 0.497 e. The zero-order valence-electron chi connectivity index (χ0n) is 14.2. The van der Waals surface area contributed by atoms with Crippen LogP contribution in [-0.4, -0.2) is 72.5 Å². The van der Waals surface area contributed by atoms with E-state index in [9.17, 15) is 0 Å². The van der Waals surface area contributed by atoms with Crippen LogP contribution in [0.15, 0.2) is 30.5 Å². The topological polar surface area (TPSA) is 53.6 Å². The van der Waals surface area contributed by atoms with Crippen LogP contribution in [0.5, 0.6) is 5.75 Å². The Morgan fingerprint density at radius 3 is 2.88 bits per heavy atom. The van der Waals surface area contributed by atoms with Crippen LogP contribution in [-0.2, 0) is 11.3 Å². The summed E-state index contributed by atoms with van der Waals surface area (Å²) in [4.78, 5) is 4.89. The zero-order valence-corrected chi connectivity index (χ0v) is 14.2. The van der Waals surface area contributed by atoms with Gasteiger partial charge in [0.2, 0.25) is 0 Å². The number of likely N-dealkylation sites (tertiary alicyclic amines) is 1. The fourth-order valence-electron chi connectivity index (χ4n) is 3.74. The number of rotatable bonds is 4. The fraction of sp³-hybridized carbons (Fsp3) is 0.500. The Kier molecular flexibility index (Phi) is 4.26. The van der Waals surface area contributed by atoms with Crippen molar-refractivity contribution in [2.75, 3.05) is 40.4 Å². The van der Waals surface area contributed by atoms with Crippen molar-refractivity contribution >= 4 is 0 Å². The normalized spacial score (nSPS) is 24.9. The predicted molar refractivity (Wildman–Crippen MR) is 92.0 cm³/mol. The van der Waals surface area contributed by atoms with E-state index in [1.165, 1.54) is 5.56 Å². The van der Waals surface area contributed by atoms with Crippen LogP contribution in [0.3, 0.4) is 0 Å². The molecule has 2 aliphatic heterocycles. The molecule has 0 amide bonds. The van der Waals surface area contributed by atoms with Gasteiger partial charge in [-0.05, 0) is 31.3 Å². The Hall–Kier alpha value is -1.89. The van der Waals surface area contributed by atoms with Gasteiger partial charge < -0.3 is 9.47 Å². The number of nitrogens with zero attached hydrogens (tertiary/aromatic N) is 3. The van der Waals surface area contributed by atoms with Crippen molar-refractivity contribution in [3.8, 4) is 17.0 Å². The number of aromatic nitrogens is 2. The van der Waals surface area contributed by atoms with Gasteiger partial charge in [0.05, 0.1) is 31.7 Å². The summed E-state index contributed by atoms with van der Waals surface area (Å²) in [6, 6.07) is 8.60. The van der Waals surface area contributed by atoms with Gasteiger partial charge in [-0.3, -0.25) is 14.9 Å². The van der Waals surface area contributed by atoms with Crippen molar-refractivity contribution in [1.29, 1.82) is 0 Å². The van der Waals surface area contributed by atoms with Crippen LogP contribution in [0.1, 0.15) is 5.56 Å². The van der Waals surface area contributed by atoms with E-state index in [0.717, 1.165) is 49.8 Å². The maximum atomic E-state index is 5.94. The predicted octanol–water partition coefficient (Wildman–Crippen LogP) is 1.60. The highest BCUT2D eigenvalue weighted by Crippen LogP contribution is 2.27. The number of ether oxygens (including phenoxy) is 2. The second-order valence-corrected chi connectivity index (χ2v) is 6.65. The van der Waals surface area contributed by atoms with Crippen LogP contribution in [0, 0.1) is 0 Å². The molecule has 0 aliphatic carbocycles. The van der Waals surface area contributed by atoms with Gasteiger partial charge >= 0.3 is 0 Å². The minimum Gasteiger partial charge on any atom is -0.497 e. The summed E-state index contributed by atoms with van der Waals surface area (Å²) in [5.74, 6) is 0.864. The first-order valence-electron chi connectivity index (χ1n) is 8.45. The Labute approximate surface area is 142 Å². The third-order valence-electron chi connectivity index (χ3n) is 5.15. The number of methoxy groups -OCH3 is 1. The molecule has 2 fully saturated rings. The van der Waals surface area contributed by atoms with Crippen LogP contribution < -0.4 is 4.74 Å². The van der Waals surface area contributed by atoms with Gasteiger partial charge in [-0.2, -0.15) is 5.10 Å². The molecule has 0 radical (unpaired) electrons. The van der Waals surface area contributed by atoms with Crippen molar-refractivity contribution in [2.45, 2.75) is 18.7 Å². The second kappa shape index (κ2) is 6.55. The minimum atomic E-state index is 0.333. The average Bonchev–Trinajstić information content (AvgIpc) is 3.23. The summed E-state index contributed by atoms with van der Waals surface area (Å²) in [7, 11) is 3.88. The summed E-state index contributed by atoms with van der Waals surface area (Å²) < 4.78 is 11.2. The molecule has 6 nitrogen and oxygen atoms in total. The highest BCUT2D eigenvalue weighted by Gasteiger charge is 2.38. The molecule has 2 atom stereocenters. The number of likely N-dealkylation sites (N-methyl/N-ethyl adjacent to an activating group) is 1. The van der Waals surface area contributed by atoms with Gasteiger partial charge in [-0.1, -0.05) is 0 Å². The molecule has 4 rings (SSSR count). The molecule has 0 unspecified atom stereocenters. The van der Waals surface area contributed by atoms with E-state index in [4.69, 9.17) is 9.47 Å². The van der Waals surface area contributed by atoms with Crippen molar-refractivity contribution in [1.82, 2.24) is 20.0 Å². The summed E-state index contributed by atoms with van der Waals surface area (Å²) in [6.45, 7) is 4.80. The van der Waals surface area contributed by atoms with E-state index < -0.39 is 0 Å². The molecule has 1 N–H and O–H groups in total. The summed E-state index contributed by atoms with van der Waals surface area (Å²) in [6.07, 6.45) is 2.27. The van der Waals surface area contributed by atoms with E-state index in [0.29, 0.717) is 12.1 Å². The highest BCUT2D eigenvalue weighted by atomic mass is 16.5. The molecule has 0 bridgehead atoms. The number of H-pyrrole nitrogens is 1. The number of hydrogen-bond donors (Lipinski definition) is 1. The maximum absolute atomic E-state index is 5.94. The molecule has 2 saturated heterocycles. The lowest BCUT2D eigenvalue weighted by atomic mass is 10.1. The maximum Gasteiger partial charge on any atom is 0.118 e. The van der Waals surface area contributed by atoms with Crippen molar-refractivity contribution < 1.29 is 9.47 Å². The molecule has 2 aliphatic rings. The number of hydrogen-bond acceptors (Lipinski definition) is 5. The molecule has 1 aromatic heterocycles. The summed E-state index contributed by atoms with van der Waals surface area (Å²) in [5.41, 5.74) is 3.44. The van der Waals surface area contributed by atoms with Crippen LogP contribution in [0.25, 0.3) is 11.3 Å².